The Labute approximate surface area is 98.2 Å². The molecule has 1 aliphatic carbocycles. The lowest BCUT2D eigenvalue weighted by atomic mass is 10.1. The minimum atomic E-state index is -3.18. The Morgan fingerprint density at radius 2 is 2.12 bits per heavy atom. The van der Waals surface area contributed by atoms with Gasteiger partial charge in [-0.2, -0.15) is 0 Å². The number of hydrogen-bond acceptors (Lipinski definition) is 4. The van der Waals surface area contributed by atoms with Crippen LogP contribution in [0.4, 0.5) is 0 Å². The average molecular weight is 249 g/mol. The Morgan fingerprint density at radius 1 is 1.38 bits per heavy atom. The van der Waals surface area contributed by atoms with Gasteiger partial charge in [-0.3, -0.25) is 0 Å². The van der Waals surface area contributed by atoms with Crippen LogP contribution in [0.15, 0.2) is 0 Å². The average Bonchev–Trinajstić information content (AvgIpc) is 2.61. The molecule has 2 unspecified atom stereocenters. The molecule has 1 rings (SSSR count). The maximum Gasteiger partial charge on any atom is 0.213 e. The van der Waals surface area contributed by atoms with Crippen molar-refractivity contribution in [1.82, 2.24) is 10.0 Å². The summed E-state index contributed by atoms with van der Waals surface area (Å²) in [5.74, 6) is 0.449. The molecule has 0 aromatic rings. The van der Waals surface area contributed by atoms with Crippen LogP contribution in [-0.2, 0) is 10.0 Å². The third kappa shape index (κ3) is 4.37. The molecule has 0 aliphatic heterocycles. The molecule has 6 heteroatoms. The quantitative estimate of drug-likeness (QED) is 0.575. The van der Waals surface area contributed by atoms with E-state index in [0.717, 1.165) is 32.4 Å². The molecule has 1 aliphatic rings. The fraction of sp³-hybridized carbons (Fsp3) is 1.00. The van der Waals surface area contributed by atoms with E-state index < -0.39 is 10.0 Å². The molecule has 0 saturated heterocycles. The maximum atomic E-state index is 11.6. The molecular formula is C10H23N3O2S. The van der Waals surface area contributed by atoms with Crippen molar-refractivity contribution >= 4 is 10.0 Å². The lowest BCUT2D eigenvalue weighted by Crippen LogP contribution is -2.42. The van der Waals surface area contributed by atoms with E-state index in [1.807, 2.05) is 0 Å². The Balaban J connectivity index is 2.46. The van der Waals surface area contributed by atoms with Crippen molar-refractivity contribution in [3.05, 3.63) is 0 Å². The second-order valence-electron chi connectivity index (χ2n) is 4.33. The molecule has 0 radical (unpaired) electrons. The molecular weight excluding hydrogens is 226 g/mol. The van der Waals surface area contributed by atoms with Crippen LogP contribution in [0.25, 0.3) is 0 Å². The Morgan fingerprint density at radius 3 is 2.75 bits per heavy atom. The van der Waals surface area contributed by atoms with Crippen LogP contribution in [0.2, 0.25) is 0 Å². The van der Waals surface area contributed by atoms with E-state index in [-0.39, 0.29) is 18.3 Å². The molecule has 0 amide bonds. The van der Waals surface area contributed by atoms with Gasteiger partial charge in [-0.1, -0.05) is 13.3 Å². The first kappa shape index (κ1) is 13.9. The van der Waals surface area contributed by atoms with Crippen molar-refractivity contribution < 1.29 is 8.42 Å². The summed E-state index contributed by atoms with van der Waals surface area (Å²) in [6, 6.07) is 0.0931. The molecule has 0 aromatic heterocycles. The van der Waals surface area contributed by atoms with Crippen LogP contribution >= 0.6 is 0 Å². The highest BCUT2D eigenvalue weighted by molar-refractivity contribution is 7.89. The van der Waals surface area contributed by atoms with Gasteiger partial charge in [0.2, 0.25) is 10.0 Å². The fourth-order valence-corrected chi connectivity index (χ4v) is 3.41. The first-order valence-corrected chi connectivity index (χ1v) is 7.65. The van der Waals surface area contributed by atoms with Crippen LogP contribution in [0.5, 0.6) is 0 Å². The normalized spacial score (nSPS) is 26.1. The third-order valence-electron chi connectivity index (χ3n) is 3.03. The number of hydrogen-bond donors (Lipinski definition) is 3. The molecule has 16 heavy (non-hydrogen) atoms. The summed E-state index contributed by atoms with van der Waals surface area (Å²) in [4.78, 5) is 0. The molecule has 4 N–H and O–H groups in total. The molecule has 2 atom stereocenters. The fourth-order valence-electron chi connectivity index (χ4n) is 2.21. The zero-order valence-electron chi connectivity index (χ0n) is 9.91. The van der Waals surface area contributed by atoms with Crippen molar-refractivity contribution in [2.75, 3.05) is 25.4 Å². The molecule has 0 heterocycles. The van der Waals surface area contributed by atoms with Crippen molar-refractivity contribution in [2.24, 2.45) is 11.7 Å². The monoisotopic (exact) mass is 249 g/mol. The summed E-state index contributed by atoms with van der Waals surface area (Å²) in [6.45, 7) is 4.06. The predicted octanol–water partition coefficient (Wildman–Crippen LogP) is -0.357. The lowest BCUT2D eigenvalue weighted by molar-refractivity contribution is 0.421. The topological polar surface area (TPSA) is 84.2 Å². The number of nitrogens with one attached hydrogen (secondary N) is 2. The first-order chi connectivity index (χ1) is 7.59. The van der Waals surface area contributed by atoms with Gasteiger partial charge in [-0.25, -0.2) is 13.1 Å². The number of rotatable bonds is 7. The third-order valence-corrected chi connectivity index (χ3v) is 4.47. The zero-order chi connectivity index (χ0) is 12.0. The Bertz CT molecular complexity index is 292. The van der Waals surface area contributed by atoms with Crippen molar-refractivity contribution in [2.45, 2.75) is 32.2 Å². The maximum absolute atomic E-state index is 11.6. The van der Waals surface area contributed by atoms with Gasteiger partial charge < -0.3 is 11.1 Å². The van der Waals surface area contributed by atoms with Gasteiger partial charge in [0.25, 0.3) is 0 Å². The zero-order valence-corrected chi connectivity index (χ0v) is 10.7. The first-order valence-electron chi connectivity index (χ1n) is 6.00. The van der Waals surface area contributed by atoms with Gasteiger partial charge in [0.05, 0.1) is 5.75 Å². The van der Waals surface area contributed by atoms with Crippen LogP contribution in [0, 0.1) is 5.92 Å². The summed E-state index contributed by atoms with van der Waals surface area (Å²) < 4.78 is 26.0. The molecule has 0 bridgehead atoms. The van der Waals surface area contributed by atoms with Crippen LogP contribution in [-0.4, -0.2) is 39.8 Å². The van der Waals surface area contributed by atoms with Crippen LogP contribution < -0.4 is 15.8 Å². The highest BCUT2D eigenvalue weighted by Gasteiger charge is 2.29. The second kappa shape index (κ2) is 6.54. The van der Waals surface area contributed by atoms with E-state index in [1.165, 1.54) is 0 Å². The summed E-state index contributed by atoms with van der Waals surface area (Å²) in [6.07, 6.45) is 3.15. The molecule has 0 spiro atoms. The van der Waals surface area contributed by atoms with E-state index in [4.69, 9.17) is 5.73 Å². The number of sulfonamides is 1. The molecule has 5 nitrogen and oxygen atoms in total. The smallest absolute Gasteiger partial charge is 0.213 e. The summed E-state index contributed by atoms with van der Waals surface area (Å²) in [5, 5.41) is 3.28. The lowest BCUT2D eigenvalue weighted by Gasteiger charge is -2.20. The van der Waals surface area contributed by atoms with E-state index in [9.17, 15) is 8.42 Å². The Kier molecular flexibility index (Phi) is 5.68. The van der Waals surface area contributed by atoms with Gasteiger partial charge >= 0.3 is 0 Å². The van der Waals surface area contributed by atoms with E-state index >= 15 is 0 Å². The van der Waals surface area contributed by atoms with Crippen LogP contribution in [0.3, 0.4) is 0 Å². The largest absolute Gasteiger partial charge is 0.329 e. The van der Waals surface area contributed by atoms with Crippen molar-refractivity contribution in [3.8, 4) is 0 Å². The predicted molar refractivity (Wildman–Crippen MR) is 65.6 cm³/mol. The highest BCUT2D eigenvalue weighted by Crippen LogP contribution is 2.25. The van der Waals surface area contributed by atoms with Crippen LogP contribution in [0.1, 0.15) is 26.2 Å². The molecule has 96 valence electrons. The van der Waals surface area contributed by atoms with Gasteiger partial charge in [0, 0.05) is 12.6 Å². The van der Waals surface area contributed by atoms with E-state index in [1.54, 1.807) is 0 Å². The summed E-state index contributed by atoms with van der Waals surface area (Å²) in [7, 11) is -3.18. The highest BCUT2D eigenvalue weighted by atomic mass is 32.2. The van der Waals surface area contributed by atoms with Crippen molar-refractivity contribution in [3.63, 3.8) is 0 Å². The van der Waals surface area contributed by atoms with Gasteiger partial charge in [-0.15, -0.1) is 0 Å². The SMILES string of the molecule is CCNCC1CCCC1NS(=O)(=O)CCN. The molecule has 1 saturated carbocycles. The minimum absolute atomic E-state index is 0.0252. The summed E-state index contributed by atoms with van der Waals surface area (Å²) >= 11 is 0. The summed E-state index contributed by atoms with van der Waals surface area (Å²) in [5.41, 5.74) is 5.27. The second-order valence-corrected chi connectivity index (χ2v) is 6.20. The van der Waals surface area contributed by atoms with Gasteiger partial charge in [0.1, 0.15) is 0 Å². The number of nitrogens with two attached hydrogens (primary N) is 1. The molecule has 0 aromatic carbocycles. The van der Waals surface area contributed by atoms with E-state index in [0.29, 0.717) is 5.92 Å². The van der Waals surface area contributed by atoms with E-state index in [2.05, 4.69) is 17.0 Å². The van der Waals surface area contributed by atoms with Gasteiger partial charge in [-0.05, 0) is 31.8 Å². The van der Waals surface area contributed by atoms with Gasteiger partial charge in [0.15, 0.2) is 0 Å². The standard InChI is InChI=1S/C10H23N3O2S/c1-2-12-8-9-4-3-5-10(9)13-16(14,15)7-6-11/h9-10,12-13H,2-8,11H2,1H3. The van der Waals surface area contributed by atoms with Crippen molar-refractivity contribution in [1.29, 1.82) is 0 Å². The molecule has 1 fully saturated rings. The minimum Gasteiger partial charge on any atom is -0.329 e. The Hall–Kier alpha value is -0.170.